The van der Waals surface area contributed by atoms with Gasteiger partial charge in [0.2, 0.25) is 11.8 Å². The summed E-state index contributed by atoms with van der Waals surface area (Å²) in [6.07, 6.45) is 1.78. The second kappa shape index (κ2) is 12.1. The molecule has 39 heavy (non-hydrogen) atoms. The number of fused-ring (bicyclic) bond motifs is 2. The molecule has 0 saturated carbocycles. The highest BCUT2D eigenvalue weighted by atomic mass is 16.5. The molecule has 9 heteroatoms. The number of hydrogen-bond donors (Lipinski definition) is 3. The van der Waals surface area contributed by atoms with Crippen LogP contribution in [0.4, 0.5) is 4.79 Å². The van der Waals surface area contributed by atoms with Gasteiger partial charge in [0.25, 0.3) is 0 Å². The van der Waals surface area contributed by atoms with Crippen molar-refractivity contribution in [3.8, 4) is 5.75 Å². The second-order valence-corrected chi connectivity index (χ2v) is 10.0. The topological polar surface area (TPSA) is 134 Å². The summed E-state index contributed by atoms with van der Waals surface area (Å²) < 4.78 is 9.99. The smallest absolute Gasteiger partial charge is 0.423 e. The largest absolute Gasteiger partial charge is 0.507 e. The lowest BCUT2D eigenvalue weighted by molar-refractivity contribution is -0.137. The van der Waals surface area contributed by atoms with Gasteiger partial charge in [-0.2, -0.15) is 4.90 Å². The summed E-state index contributed by atoms with van der Waals surface area (Å²) in [7, 11) is 2.59. The molecule has 0 aromatic heterocycles. The third-order valence-electron chi connectivity index (χ3n) is 7.90. The number of imide groups is 3. The van der Waals surface area contributed by atoms with E-state index in [1.807, 2.05) is 37.3 Å². The lowest BCUT2D eigenvalue weighted by Gasteiger charge is -2.36. The number of methoxy groups -OCH3 is 2. The maximum absolute atomic E-state index is 13.1. The first-order valence-electron chi connectivity index (χ1n) is 13.1. The number of ether oxygens (including phenoxy) is 2. The predicted molar refractivity (Wildman–Crippen MR) is 144 cm³/mol. The van der Waals surface area contributed by atoms with Crippen molar-refractivity contribution < 1.29 is 39.2 Å². The van der Waals surface area contributed by atoms with E-state index in [1.54, 1.807) is 6.07 Å². The van der Waals surface area contributed by atoms with Crippen LogP contribution < -0.4 is 0 Å². The monoisotopic (exact) mass is 537 g/mol. The molecule has 1 heterocycles. The number of phenols is 1. The van der Waals surface area contributed by atoms with Crippen molar-refractivity contribution in [3.05, 3.63) is 58.7 Å². The molecular weight excluding hydrogens is 502 g/mol. The standard InChI is InChI=1S/C30H35NO8/c1-4-17(13-18-10-12-24(33)21-8-6-5-7-20(18)21)9-11-25(34)26-19(16-38-2)14-22-27(23(26)15-32)29(36)31(28(22)35)30(37)39-3/h5-8,10,12-13,22-23,25,27,32-34H,4,9,11,14-16H2,1-3H3/b17-13+/t22-,23+,25-,27-/m1/s1. The molecule has 3 amide bonds. The molecule has 0 spiro atoms. The van der Waals surface area contributed by atoms with Gasteiger partial charge in [-0.1, -0.05) is 48.9 Å². The summed E-state index contributed by atoms with van der Waals surface area (Å²) in [5.41, 5.74) is 3.20. The number of amides is 3. The number of aliphatic hydroxyl groups is 2. The maximum atomic E-state index is 13.1. The Balaban J connectivity index is 1.61. The molecular formula is C30H35NO8. The minimum atomic E-state index is -1.05. The minimum absolute atomic E-state index is 0.127. The first-order chi connectivity index (χ1) is 18.8. The zero-order valence-corrected chi connectivity index (χ0v) is 22.4. The number of carbonyl (C=O) groups is 3. The first-order valence-corrected chi connectivity index (χ1v) is 13.1. The highest BCUT2D eigenvalue weighted by Crippen LogP contribution is 2.46. The number of aromatic hydroxyl groups is 1. The zero-order chi connectivity index (χ0) is 28.3. The van der Waals surface area contributed by atoms with E-state index in [0.29, 0.717) is 28.9 Å². The zero-order valence-electron chi connectivity index (χ0n) is 22.4. The number of allylic oxidation sites excluding steroid dienone is 1. The number of nitrogens with zero attached hydrogens (tertiary/aromatic N) is 1. The van der Waals surface area contributed by atoms with Gasteiger partial charge in [0.1, 0.15) is 5.75 Å². The van der Waals surface area contributed by atoms with Crippen molar-refractivity contribution in [2.45, 2.75) is 38.7 Å². The highest BCUT2D eigenvalue weighted by Gasteiger charge is 2.57. The van der Waals surface area contributed by atoms with Crippen molar-refractivity contribution in [3.63, 3.8) is 0 Å². The molecule has 4 atom stereocenters. The summed E-state index contributed by atoms with van der Waals surface area (Å²) in [4.78, 5) is 38.7. The molecule has 208 valence electrons. The SMILES string of the molecule is CC/C(=C\c1ccc(O)c2ccccc12)CC[C@@H](O)C1=C(COC)C[C@H]2C(=O)N(C(=O)OC)C(=O)[C@H]2[C@H]1CO. The highest BCUT2D eigenvalue weighted by molar-refractivity contribution is 6.16. The number of rotatable bonds is 9. The molecule has 3 N–H and O–H groups in total. The van der Waals surface area contributed by atoms with Crippen molar-refractivity contribution >= 4 is 34.8 Å². The number of carbonyl (C=O) groups excluding carboxylic acids is 3. The molecule has 1 aliphatic carbocycles. The number of likely N-dealkylation sites (tertiary alicyclic amines) is 1. The lowest BCUT2D eigenvalue weighted by Crippen LogP contribution is -2.40. The molecule has 0 unspecified atom stereocenters. The van der Waals surface area contributed by atoms with Gasteiger partial charge in [-0.25, -0.2) is 4.79 Å². The number of hydrogen-bond acceptors (Lipinski definition) is 8. The summed E-state index contributed by atoms with van der Waals surface area (Å²) in [6.45, 7) is 1.69. The molecule has 1 saturated heterocycles. The third-order valence-corrected chi connectivity index (χ3v) is 7.90. The van der Waals surface area contributed by atoms with Crippen LogP contribution in [0.3, 0.4) is 0 Å². The van der Waals surface area contributed by atoms with Crippen LogP contribution in [0.1, 0.15) is 38.2 Å². The summed E-state index contributed by atoms with van der Waals surface area (Å²) in [6, 6.07) is 11.1. The molecule has 2 aliphatic rings. The Bertz CT molecular complexity index is 1330. The average molecular weight is 538 g/mol. The normalized spacial score (nSPS) is 22.4. The maximum Gasteiger partial charge on any atom is 0.423 e. The van der Waals surface area contributed by atoms with Gasteiger partial charge in [0, 0.05) is 18.4 Å². The number of phenolic OH excluding ortho intramolecular Hbond substituents is 1. The Labute approximate surface area is 227 Å². The van der Waals surface area contributed by atoms with Crippen molar-refractivity contribution in [1.29, 1.82) is 0 Å². The van der Waals surface area contributed by atoms with E-state index < -0.39 is 48.4 Å². The molecule has 2 aromatic carbocycles. The Morgan fingerprint density at radius 1 is 1.13 bits per heavy atom. The van der Waals surface area contributed by atoms with E-state index in [4.69, 9.17) is 4.74 Å². The van der Waals surface area contributed by atoms with Crippen molar-refractivity contribution in [2.24, 2.45) is 17.8 Å². The van der Waals surface area contributed by atoms with Gasteiger partial charge in [-0.05, 0) is 53.8 Å². The van der Waals surface area contributed by atoms with Crippen LogP contribution in [0.25, 0.3) is 16.8 Å². The Morgan fingerprint density at radius 3 is 2.49 bits per heavy atom. The van der Waals surface area contributed by atoms with E-state index in [1.165, 1.54) is 7.11 Å². The predicted octanol–water partition coefficient (Wildman–Crippen LogP) is 3.80. The Morgan fingerprint density at radius 2 is 1.85 bits per heavy atom. The van der Waals surface area contributed by atoms with Crippen molar-refractivity contribution in [1.82, 2.24) is 4.90 Å². The number of aliphatic hydroxyl groups excluding tert-OH is 2. The van der Waals surface area contributed by atoms with Crippen LogP contribution in [0.2, 0.25) is 0 Å². The van der Waals surface area contributed by atoms with Gasteiger partial charge in [0.05, 0.1) is 38.3 Å². The minimum Gasteiger partial charge on any atom is -0.507 e. The third kappa shape index (κ3) is 5.34. The van der Waals surface area contributed by atoms with Crippen LogP contribution in [0.5, 0.6) is 5.75 Å². The van der Waals surface area contributed by atoms with Crippen LogP contribution >= 0.6 is 0 Å². The van der Waals surface area contributed by atoms with Gasteiger partial charge in [-0.3, -0.25) is 9.59 Å². The van der Waals surface area contributed by atoms with Gasteiger partial charge >= 0.3 is 6.09 Å². The van der Waals surface area contributed by atoms with Crippen LogP contribution in [0.15, 0.2) is 53.1 Å². The van der Waals surface area contributed by atoms with Crippen molar-refractivity contribution in [2.75, 3.05) is 27.4 Å². The van der Waals surface area contributed by atoms with E-state index in [0.717, 1.165) is 35.4 Å². The van der Waals surface area contributed by atoms with Gasteiger partial charge in [-0.15, -0.1) is 0 Å². The molecule has 2 aromatic rings. The van der Waals surface area contributed by atoms with Crippen LogP contribution in [-0.2, 0) is 19.1 Å². The molecule has 1 fully saturated rings. The average Bonchev–Trinajstić information content (AvgIpc) is 3.20. The molecule has 0 bridgehead atoms. The fourth-order valence-corrected chi connectivity index (χ4v) is 6.02. The fourth-order valence-electron chi connectivity index (χ4n) is 6.02. The van der Waals surface area contributed by atoms with E-state index in [9.17, 15) is 29.7 Å². The Kier molecular flexibility index (Phi) is 8.84. The Hall–Kier alpha value is -3.53. The number of benzene rings is 2. The van der Waals surface area contributed by atoms with E-state index >= 15 is 0 Å². The van der Waals surface area contributed by atoms with Crippen LogP contribution in [-0.4, -0.2) is 71.7 Å². The summed E-state index contributed by atoms with van der Waals surface area (Å²) >= 11 is 0. The first kappa shape index (κ1) is 28.5. The molecule has 4 rings (SSSR count). The van der Waals surface area contributed by atoms with Gasteiger partial charge < -0.3 is 24.8 Å². The molecule has 0 radical (unpaired) electrons. The molecule has 1 aliphatic heterocycles. The summed E-state index contributed by atoms with van der Waals surface area (Å²) in [5.74, 6) is -3.78. The quantitative estimate of drug-likeness (QED) is 0.325. The molecule has 9 nitrogen and oxygen atoms in total. The van der Waals surface area contributed by atoms with Crippen LogP contribution in [0, 0.1) is 17.8 Å². The lowest BCUT2D eigenvalue weighted by atomic mass is 9.68. The fraction of sp³-hybridized carbons (Fsp3) is 0.433. The van der Waals surface area contributed by atoms with E-state index in [2.05, 4.69) is 10.8 Å². The van der Waals surface area contributed by atoms with E-state index in [-0.39, 0.29) is 18.8 Å². The summed E-state index contributed by atoms with van der Waals surface area (Å²) in [5, 5.41) is 33.7. The second-order valence-electron chi connectivity index (χ2n) is 10.0. The van der Waals surface area contributed by atoms with Gasteiger partial charge in [0.15, 0.2) is 0 Å².